The Balaban J connectivity index is 2.46. The summed E-state index contributed by atoms with van der Waals surface area (Å²) in [6, 6.07) is 0. The molecule has 0 amide bonds. The van der Waals surface area contributed by atoms with Gasteiger partial charge in [-0.25, -0.2) is 4.68 Å². The number of nitrogens with one attached hydrogen (secondary N) is 1. The van der Waals surface area contributed by atoms with Crippen molar-refractivity contribution in [3.8, 4) is 0 Å². The summed E-state index contributed by atoms with van der Waals surface area (Å²) in [5, 5.41) is 14.8. The molecule has 0 aliphatic heterocycles. The van der Waals surface area contributed by atoms with Crippen LogP contribution < -0.4 is 5.32 Å². The van der Waals surface area contributed by atoms with Crippen LogP contribution in [-0.2, 0) is 6.54 Å². The Morgan fingerprint density at radius 3 is 2.88 bits per heavy atom. The van der Waals surface area contributed by atoms with E-state index in [1.54, 1.807) is 0 Å². The van der Waals surface area contributed by atoms with Gasteiger partial charge in [0.05, 0.1) is 4.99 Å². The van der Waals surface area contributed by atoms with Crippen molar-refractivity contribution in [1.29, 1.82) is 0 Å². The van der Waals surface area contributed by atoms with Crippen LogP contribution in [0.5, 0.6) is 0 Å². The summed E-state index contributed by atoms with van der Waals surface area (Å²) >= 11 is 5.19. The fourth-order valence-electron chi connectivity index (χ4n) is 1.55. The summed E-state index contributed by atoms with van der Waals surface area (Å²) in [6.07, 6.45) is 1.87. The second kappa shape index (κ2) is 6.52. The minimum Gasteiger partial charge on any atom is -0.380 e. The second-order valence-corrected chi connectivity index (χ2v) is 4.24. The van der Waals surface area contributed by atoms with Gasteiger partial charge in [-0.3, -0.25) is 0 Å². The van der Waals surface area contributed by atoms with Crippen molar-refractivity contribution in [1.82, 2.24) is 25.5 Å². The molecule has 90 valence electrons. The lowest BCUT2D eigenvalue weighted by molar-refractivity contribution is 0.549. The van der Waals surface area contributed by atoms with E-state index < -0.39 is 0 Å². The first-order valence-electron chi connectivity index (χ1n) is 5.71. The molecule has 1 atom stereocenters. The molecule has 0 aliphatic carbocycles. The average molecular weight is 241 g/mol. The largest absolute Gasteiger partial charge is 0.380 e. The number of nitrogens with zero attached hydrogens (tertiary/aromatic N) is 4. The molecule has 0 spiro atoms. The van der Waals surface area contributed by atoms with Crippen LogP contribution in [0.4, 0.5) is 0 Å². The molecule has 1 heterocycles. The molecule has 16 heavy (non-hydrogen) atoms. The number of thiocarbonyl (C=S) groups is 1. The first-order valence-corrected chi connectivity index (χ1v) is 6.12. The molecule has 0 aliphatic rings. The van der Waals surface area contributed by atoms with Gasteiger partial charge >= 0.3 is 0 Å². The van der Waals surface area contributed by atoms with Crippen molar-refractivity contribution < 1.29 is 0 Å². The first-order chi connectivity index (χ1) is 7.69. The molecule has 1 rings (SSSR count). The van der Waals surface area contributed by atoms with E-state index in [2.05, 4.69) is 27.8 Å². The highest BCUT2D eigenvalue weighted by molar-refractivity contribution is 7.80. The Morgan fingerprint density at radius 1 is 1.50 bits per heavy atom. The number of tetrazole rings is 1. The average Bonchev–Trinajstić information content (AvgIpc) is 2.74. The lowest BCUT2D eigenvalue weighted by atomic mass is 10.0. The summed E-state index contributed by atoms with van der Waals surface area (Å²) in [6.45, 7) is 7.92. The molecule has 0 saturated carbocycles. The molecule has 0 radical (unpaired) electrons. The van der Waals surface area contributed by atoms with Crippen LogP contribution in [0.3, 0.4) is 0 Å². The highest BCUT2D eigenvalue weighted by atomic mass is 32.1. The minimum absolute atomic E-state index is 0.339. The third-order valence-corrected chi connectivity index (χ3v) is 2.83. The van der Waals surface area contributed by atoms with Gasteiger partial charge < -0.3 is 5.32 Å². The number of rotatable bonds is 6. The zero-order chi connectivity index (χ0) is 12.0. The SMILES string of the molecule is CCNC(=S)CCC(C)c1nnnn1CC. The van der Waals surface area contributed by atoms with Crippen LogP contribution in [0.2, 0.25) is 0 Å². The van der Waals surface area contributed by atoms with E-state index in [4.69, 9.17) is 12.2 Å². The van der Waals surface area contributed by atoms with Gasteiger partial charge in [0.15, 0.2) is 5.82 Å². The maximum atomic E-state index is 5.19. The van der Waals surface area contributed by atoms with Crippen molar-refractivity contribution in [3.05, 3.63) is 5.82 Å². The molecule has 0 aromatic carbocycles. The van der Waals surface area contributed by atoms with Crippen molar-refractivity contribution in [3.63, 3.8) is 0 Å². The maximum Gasteiger partial charge on any atom is 0.154 e. The highest BCUT2D eigenvalue weighted by Crippen LogP contribution is 2.17. The normalized spacial score (nSPS) is 12.4. The van der Waals surface area contributed by atoms with E-state index in [0.717, 1.165) is 36.7 Å². The first kappa shape index (κ1) is 13.0. The standard InChI is InChI=1S/C10H19N5S/c1-4-11-9(16)7-6-8(3)10-12-13-14-15(10)5-2/h8H,4-7H2,1-3H3,(H,11,16). The summed E-state index contributed by atoms with van der Waals surface area (Å²) < 4.78 is 1.83. The molecule has 1 N–H and O–H groups in total. The van der Waals surface area contributed by atoms with Crippen LogP contribution in [0.25, 0.3) is 0 Å². The summed E-state index contributed by atoms with van der Waals surface area (Å²) in [5.41, 5.74) is 0. The van der Waals surface area contributed by atoms with Crippen LogP contribution in [0.1, 0.15) is 45.4 Å². The van der Waals surface area contributed by atoms with Crippen molar-refractivity contribution in [2.75, 3.05) is 6.54 Å². The predicted molar refractivity (Wildman–Crippen MR) is 67.4 cm³/mol. The lowest BCUT2D eigenvalue weighted by Gasteiger charge is -2.11. The minimum atomic E-state index is 0.339. The number of aromatic nitrogens is 4. The zero-order valence-corrected chi connectivity index (χ0v) is 10.9. The van der Waals surface area contributed by atoms with E-state index in [0.29, 0.717) is 5.92 Å². The van der Waals surface area contributed by atoms with E-state index in [-0.39, 0.29) is 0 Å². The number of aryl methyl sites for hydroxylation is 1. The van der Waals surface area contributed by atoms with Crippen LogP contribution in [0, 0.1) is 0 Å². The zero-order valence-electron chi connectivity index (χ0n) is 10.1. The van der Waals surface area contributed by atoms with Crippen LogP contribution in [-0.4, -0.2) is 31.7 Å². The molecule has 1 aromatic rings. The third-order valence-electron chi connectivity index (χ3n) is 2.48. The molecular weight excluding hydrogens is 222 g/mol. The molecule has 1 unspecified atom stereocenters. The van der Waals surface area contributed by atoms with Gasteiger partial charge in [0.25, 0.3) is 0 Å². The maximum absolute atomic E-state index is 5.19. The van der Waals surface area contributed by atoms with Gasteiger partial charge in [-0.05, 0) is 37.1 Å². The Kier molecular flexibility index (Phi) is 5.31. The Hall–Kier alpha value is -1.04. The van der Waals surface area contributed by atoms with Crippen molar-refractivity contribution in [2.24, 2.45) is 0 Å². The molecule has 0 fully saturated rings. The Bertz CT molecular complexity index is 336. The van der Waals surface area contributed by atoms with E-state index in [1.165, 1.54) is 0 Å². The fraction of sp³-hybridized carbons (Fsp3) is 0.800. The summed E-state index contributed by atoms with van der Waals surface area (Å²) in [4.78, 5) is 0.921. The summed E-state index contributed by atoms with van der Waals surface area (Å²) in [7, 11) is 0. The molecule has 1 aromatic heterocycles. The Labute approximate surface area is 102 Å². The second-order valence-electron chi connectivity index (χ2n) is 3.75. The molecule has 6 heteroatoms. The van der Waals surface area contributed by atoms with Gasteiger partial charge in [0, 0.05) is 19.0 Å². The van der Waals surface area contributed by atoms with Gasteiger partial charge in [-0.2, -0.15) is 0 Å². The highest BCUT2D eigenvalue weighted by Gasteiger charge is 2.13. The monoisotopic (exact) mass is 241 g/mol. The quantitative estimate of drug-likeness (QED) is 0.765. The van der Waals surface area contributed by atoms with E-state index in [9.17, 15) is 0 Å². The molecule has 0 bridgehead atoms. The Morgan fingerprint density at radius 2 is 2.25 bits per heavy atom. The van der Waals surface area contributed by atoms with Crippen molar-refractivity contribution in [2.45, 2.75) is 46.1 Å². The molecule has 0 saturated heterocycles. The van der Waals surface area contributed by atoms with Crippen LogP contribution >= 0.6 is 12.2 Å². The fourth-order valence-corrected chi connectivity index (χ4v) is 1.81. The van der Waals surface area contributed by atoms with Gasteiger partial charge in [-0.1, -0.05) is 19.1 Å². The third kappa shape index (κ3) is 3.52. The van der Waals surface area contributed by atoms with E-state index >= 15 is 0 Å². The summed E-state index contributed by atoms with van der Waals surface area (Å²) in [5.74, 6) is 1.29. The van der Waals surface area contributed by atoms with Gasteiger partial charge in [-0.15, -0.1) is 5.10 Å². The smallest absolute Gasteiger partial charge is 0.154 e. The van der Waals surface area contributed by atoms with E-state index in [1.807, 2.05) is 18.5 Å². The number of hydrogen-bond acceptors (Lipinski definition) is 4. The topological polar surface area (TPSA) is 55.6 Å². The van der Waals surface area contributed by atoms with Crippen molar-refractivity contribution >= 4 is 17.2 Å². The lowest BCUT2D eigenvalue weighted by Crippen LogP contribution is -2.21. The number of hydrogen-bond donors (Lipinski definition) is 1. The molecular formula is C10H19N5S. The predicted octanol–water partition coefficient (Wildman–Crippen LogP) is 1.51. The van der Waals surface area contributed by atoms with Gasteiger partial charge in [0.1, 0.15) is 0 Å². The van der Waals surface area contributed by atoms with Crippen LogP contribution in [0.15, 0.2) is 0 Å². The molecule has 5 nitrogen and oxygen atoms in total. The van der Waals surface area contributed by atoms with Gasteiger partial charge in [0.2, 0.25) is 0 Å².